The quantitative estimate of drug-likeness (QED) is 0.748. The first-order chi connectivity index (χ1) is 10.4. The van der Waals surface area contributed by atoms with Crippen LogP contribution in [0, 0.1) is 0 Å². The van der Waals surface area contributed by atoms with Crippen molar-refractivity contribution in [1.29, 1.82) is 0 Å². The van der Waals surface area contributed by atoms with Crippen LogP contribution in [0.1, 0.15) is 5.56 Å². The predicted molar refractivity (Wildman–Crippen MR) is 73.0 cm³/mol. The van der Waals surface area contributed by atoms with E-state index in [0.29, 0.717) is 0 Å². The second-order valence-corrected chi connectivity index (χ2v) is 4.54. The van der Waals surface area contributed by atoms with E-state index >= 15 is 0 Å². The Morgan fingerprint density at radius 2 is 1.91 bits per heavy atom. The van der Waals surface area contributed by atoms with Crippen molar-refractivity contribution in [2.24, 2.45) is 0 Å². The van der Waals surface area contributed by atoms with E-state index in [1.165, 1.54) is 24.5 Å². The summed E-state index contributed by atoms with van der Waals surface area (Å²) in [5, 5.41) is -0.0172. The van der Waals surface area contributed by atoms with Gasteiger partial charge in [-0.3, -0.25) is 9.78 Å². The molecule has 0 unspecified atom stereocenters. The number of fused-ring (bicyclic) bond motifs is 1. The summed E-state index contributed by atoms with van der Waals surface area (Å²) in [6, 6.07) is 5.63. The highest BCUT2D eigenvalue weighted by atomic mass is 19.4. The van der Waals surface area contributed by atoms with E-state index in [2.05, 4.69) is 9.97 Å². The van der Waals surface area contributed by atoms with Crippen molar-refractivity contribution >= 4 is 10.9 Å². The van der Waals surface area contributed by atoms with E-state index in [4.69, 9.17) is 0 Å². The first-order valence-electron chi connectivity index (χ1n) is 6.14. The fourth-order valence-corrected chi connectivity index (χ4v) is 2.11. The maximum absolute atomic E-state index is 12.7. The summed E-state index contributed by atoms with van der Waals surface area (Å²) < 4.78 is 38.9. The van der Waals surface area contributed by atoms with Gasteiger partial charge in [-0.1, -0.05) is 0 Å². The van der Waals surface area contributed by atoms with Crippen LogP contribution >= 0.6 is 0 Å². The van der Waals surface area contributed by atoms with Crippen LogP contribution in [0.4, 0.5) is 13.2 Å². The normalized spacial score (nSPS) is 11.8. The molecule has 1 N–H and O–H groups in total. The summed E-state index contributed by atoms with van der Waals surface area (Å²) in [6.07, 6.45) is -1.77. The van der Waals surface area contributed by atoms with Crippen LogP contribution < -0.4 is 11.2 Å². The van der Waals surface area contributed by atoms with Gasteiger partial charge in [0.15, 0.2) is 0 Å². The Bertz CT molecular complexity index is 959. The van der Waals surface area contributed by atoms with Gasteiger partial charge in [0.1, 0.15) is 0 Å². The Morgan fingerprint density at radius 3 is 2.55 bits per heavy atom. The minimum absolute atomic E-state index is 0.0172. The highest BCUT2D eigenvalue weighted by Gasteiger charge is 2.30. The molecule has 3 aromatic rings. The van der Waals surface area contributed by atoms with Crippen LogP contribution in [-0.4, -0.2) is 14.5 Å². The number of halogens is 3. The van der Waals surface area contributed by atoms with Crippen molar-refractivity contribution in [3.63, 3.8) is 0 Å². The largest absolute Gasteiger partial charge is 0.416 e. The molecule has 3 rings (SSSR count). The molecule has 2 heterocycles. The lowest BCUT2D eigenvalue weighted by atomic mass is 10.1. The maximum Gasteiger partial charge on any atom is 0.416 e. The number of aromatic nitrogens is 3. The fraction of sp³-hybridized carbons (Fsp3) is 0.0714. The second kappa shape index (κ2) is 4.83. The van der Waals surface area contributed by atoms with Gasteiger partial charge >= 0.3 is 11.9 Å². The number of aromatic amines is 1. The molecule has 22 heavy (non-hydrogen) atoms. The molecule has 0 atom stereocenters. The SMILES string of the molecule is O=c1[nH]c2cc(C(F)(F)F)ccc2c(=O)n1-c1cccnc1. The van der Waals surface area contributed by atoms with Crippen molar-refractivity contribution < 1.29 is 13.2 Å². The van der Waals surface area contributed by atoms with Gasteiger partial charge in [-0.15, -0.1) is 0 Å². The van der Waals surface area contributed by atoms with E-state index in [9.17, 15) is 22.8 Å². The number of H-pyrrole nitrogens is 1. The van der Waals surface area contributed by atoms with E-state index in [-0.39, 0.29) is 16.6 Å². The monoisotopic (exact) mass is 307 g/mol. The molecule has 0 fully saturated rings. The molecular weight excluding hydrogens is 299 g/mol. The molecule has 0 aliphatic rings. The number of hydrogen-bond acceptors (Lipinski definition) is 3. The molecule has 0 saturated heterocycles. The highest BCUT2D eigenvalue weighted by molar-refractivity contribution is 5.78. The van der Waals surface area contributed by atoms with Crippen LogP contribution in [-0.2, 0) is 6.18 Å². The van der Waals surface area contributed by atoms with E-state index in [1.807, 2.05) is 0 Å². The first kappa shape index (κ1) is 14.1. The molecule has 112 valence electrons. The van der Waals surface area contributed by atoms with Gasteiger partial charge in [-0.2, -0.15) is 13.2 Å². The predicted octanol–water partition coefficient (Wildman–Crippen LogP) is 2.09. The molecule has 0 radical (unpaired) electrons. The minimum Gasteiger partial charge on any atom is -0.306 e. The first-order valence-corrected chi connectivity index (χ1v) is 6.14. The second-order valence-electron chi connectivity index (χ2n) is 4.54. The summed E-state index contributed by atoms with van der Waals surface area (Å²) in [4.78, 5) is 30.5. The Balaban J connectivity index is 2.32. The van der Waals surface area contributed by atoms with Crippen LogP contribution in [0.2, 0.25) is 0 Å². The molecule has 1 aromatic carbocycles. The standard InChI is InChI=1S/C14H8F3N3O2/c15-14(16,17)8-3-4-10-11(6-8)19-13(22)20(12(10)21)9-2-1-5-18-7-9/h1-7H,(H,19,22). The van der Waals surface area contributed by atoms with Crippen LogP contribution in [0.3, 0.4) is 0 Å². The molecule has 0 aliphatic heterocycles. The van der Waals surface area contributed by atoms with Gasteiger partial charge in [0.05, 0.1) is 28.4 Å². The smallest absolute Gasteiger partial charge is 0.306 e. The summed E-state index contributed by atoms with van der Waals surface area (Å²) in [5.74, 6) is 0. The number of hydrogen-bond donors (Lipinski definition) is 1. The van der Waals surface area contributed by atoms with Crippen molar-refractivity contribution in [3.8, 4) is 5.69 Å². The van der Waals surface area contributed by atoms with Crippen LogP contribution in [0.15, 0.2) is 52.3 Å². The molecular formula is C14H8F3N3O2. The van der Waals surface area contributed by atoms with E-state index in [0.717, 1.165) is 22.8 Å². The molecule has 0 amide bonds. The topological polar surface area (TPSA) is 67.8 Å². The van der Waals surface area contributed by atoms with Crippen molar-refractivity contribution in [2.75, 3.05) is 0 Å². The molecule has 2 aromatic heterocycles. The van der Waals surface area contributed by atoms with E-state index in [1.54, 1.807) is 0 Å². The Morgan fingerprint density at radius 1 is 1.14 bits per heavy atom. The van der Waals surface area contributed by atoms with E-state index < -0.39 is 23.0 Å². The minimum atomic E-state index is -4.55. The third kappa shape index (κ3) is 2.28. The van der Waals surface area contributed by atoms with Crippen molar-refractivity contribution in [1.82, 2.24) is 14.5 Å². The highest BCUT2D eigenvalue weighted by Crippen LogP contribution is 2.30. The zero-order valence-corrected chi connectivity index (χ0v) is 10.9. The van der Waals surface area contributed by atoms with Gasteiger partial charge in [0.2, 0.25) is 0 Å². The zero-order valence-electron chi connectivity index (χ0n) is 10.9. The number of pyridine rings is 1. The van der Waals surface area contributed by atoms with Gasteiger partial charge in [-0.05, 0) is 30.3 Å². The van der Waals surface area contributed by atoms with Crippen molar-refractivity contribution in [2.45, 2.75) is 6.18 Å². The summed E-state index contributed by atoms with van der Waals surface area (Å²) in [7, 11) is 0. The Kier molecular flexibility index (Phi) is 3.09. The summed E-state index contributed by atoms with van der Waals surface area (Å²) in [6.45, 7) is 0. The molecule has 5 nitrogen and oxygen atoms in total. The Hall–Kier alpha value is -2.90. The van der Waals surface area contributed by atoms with Gasteiger partial charge in [-0.25, -0.2) is 9.36 Å². The lowest BCUT2D eigenvalue weighted by Crippen LogP contribution is -2.33. The molecule has 0 spiro atoms. The average molecular weight is 307 g/mol. The van der Waals surface area contributed by atoms with Gasteiger partial charge in [0, 0.05) is 6.20 Å². The number of nitrogens with one attached hydrogen (secondary N) is 1. The molecule has 8 heteroatoms. The zero-order chi connectivity index (χ0) is 15.9. The summed E-state index contributed by atoms with van der Waals surface area (Å²) >= 11 is 0. The third-order valence-corrected chi connectivity index (χ3v) is 3.13. The lowest BCUT2D eigenvalue weighted by molar-refractivity contribution is -0.137. The number of rotatable bonds is 1. The Labute approximate surface area is 120 Å². The average Bonchev–Trinajstić information content (AvgIpc) is 2.47. The summed E-state index contributed by atoms with van der Waals surface area (Å²) in [5.41, 5.74) is -2.40. The maximum atomic E-state index is 12.7. The van der Waals surface area contributed by atoms with Crippen LogP contribution in [0.5, 0.6) is 0 Å². The fourth-order valence-electron chi connectivity index (χ4n) is 2.11. The number of nitrogens with zero attached hydrogens (tertiary/aromatic N) is 2. The van der Waals surface area contributed by atoms with Crippen LogP contribution in [0.25, 0.3) is 16.6 Å². The molecule has 0 aliphatic carbocycles. The molecule has 0 saturated carbocycles. The van der Waals surface area contributed by atoms with Gasteiger partial charge in [0.25, 0.3) is 5.56 Å². The number of benzene rings is 1. The molecule has 0 bridgehead atoms. The van der Waals surface area contributed by atoms with Gasteiger partial charge < -0.3 is 4.98 Å². The third-order valence-electron chi connectivity index (χ3n) is 3.13. The number of alkyl halides is 3. The lowest BCUT2D eigenvalue weighted by Gasteiger charge is -2.09. The van der Waals surface area contributed by atoms with Crippen molar-refractivity contribution in [3.05, 3.63) is 69.1 Å².